The lowest BCUT2D eigenvalue weighted by Crippen LogP contribution is -2.47. The van der Waals surface area contributed by atoms with Gasteiger partial charge in [-0.2, -0.15) is 0 Å². The van der Waals surface area contributed by atoms with Crippen molar-refractivity contribution in [2.24, 2.45) is 4.99 Å². The minimum absolute atomic E-state index is 0. The summed E-state index contributed by atoms with van der Waals surface area (Å²) in [5.74, 6) is 0.871. The van der Waals surface area contributed by atoms with E-state index in [-0.39, 0.29) is 24.0 Å². The largest absolute Gasteiger partial charge is 0.382 e. The molecule has 1 aliphatic rings. The number of nitrogens with zero attached hydrogens (tertiary/aromatic N) is 2. The van der Waals surface area contributed by atoms with Crippen LogP contribution in [-0.2, 0) is 17.7 Å². The van der Waals surface area contributed by atoms with Crippen molar-refractivity contribution in [2.45, 2.75) is 39.3 Å². The fourth-order valence-electron chi connectivity index (χ4n) is 3.01. The predicted octanol–water partition coefficient (Wildman–Crippen LogP) is 2.64. The molecule has 1 atom stereocenters. The fraction of sp³-hybridized carbons (Fsp3) is 0.632. The minimum atomic E-state index is 0. The molecule has 0 radical (unpaired) electrons. The highest BCUT2D eigenvalue weighted by Crippen LogP contribution is 2.19. The third-order valence-corrected chi connectivity index (χ3v) is 4.53. The normalized spacial score (nSPS) is 15.9. The van der Waals surface area contributed by atoms with E-state index in [2.05, 4.69) is 51.7 Å². The number of halogens is 1. The van der Waals surface area contributed by atoms with Crippen LogP contribution >= 0.6 is 24.0 Å². The first-order valence-corrected chi connectivity index (χ1v) is 9.07. The van der Waals surface area contributed by atoms with Crippen molar-refractivity contribution in [3.8, 4) is 0 Å². The Kier molecular flexibility index (Phi) is 11.1. The highest BCUT2D eigenvalue weighted by Gasteiger charge is 2.20. The molecule has 142 valence electrons. The summed E-state index contributed by atoms with van der Waals surface area (Å²) in [5, 5.41) is 6.78. The molecule has 1 aromatic rings. The second kappa shape index (κ2) is 12.5. The molecule has 0 aliphatic carbocycles. The molecular formula is C19H33IN4O. The highest BCUT2D eigenvalue weighted by molar-refractivity contribution is 14.0. The Morgan fingerprint density at radius 1 is 1.28 bits per heavy atom. The first-order valence-electron chi connectivity index (χ1n) is 9.07. The number of fused-ring (bicyclic) bond motifs is 1. The summed E-state index contributed by atoms with van der Waals surface area (Å²) < 4.78 is 5.35. The van der Waals surface area contributed by atoms with Crippen LogP contribution in [0.4, 0.5) is 0 Å². The first-order chi connectivity index (χ1) is 11.7. The zero-order valence-electron chi connectivity index (χ0n) is 15.8. The van der Waals surface area contributed by atoms with Crippen LogP contribution in [0, 0.1) is 0 Å². The summed E-state index contributed by atoms with van der Waals surface area (Å²) in [6.07, 6.45) is 2.14. The SMILES string of the molecule is CCOCCCNC(=NC)NCC(C)N1CCc2ccccc2C1.I. The maximum absolute atomic E-state index is 5.35. The van der Waals surface area contributed by atoms with Gasteiger partial charge in [0.1, 0.15) is 0 Å². The monoisotopic (exact) mass is 460 g/mol. The van der Waals surface area contributed by atoms with Crippen molar-refractivity contribution < 1.29 is 4.74 Å². The van der Waals surface area contributed by atoms with Crippen molar-refractivity contribution in [1.29, 1.82) is 0 Å². The zero-order valence-corrected chi connectivity index (χ0v) is 18.1. The lowest BCUT2D eigenvalue weighted by molar-refractivity contribution is 0.145. The van der Waals surface area contributed by atoms with Crippen molar-refractivity contribution in [1.82, 2.24) is 15.5 Å². The number of aliphatic imine (C=N–C) groups is 1. The number of benzene rings is 1. The van der Waals surface area contributed by atoms with E-state index in [9.17, 15) is 0 Å². The van der Waals surface area contributed by atoms with Gasteiger partial charge in [0.05, 0.1) is 0 Å². The molecule has 2 N–H and O–H groups in total. The van der Waals surface area contributed by atoms with Crippen LogP contribution in [0.2, 0.25) is 0 Å². The number of rotatable bonds is 8. The molecule has 0 spiro atoms. The van der Waals surface area contributed by atoms with E-state index in [1.165, 1.54) is 11.1 Å². The molecule has 0 bridgehead atoms. The van der Waals surface area contributed by atoms with Gasteiger partial charge in [-0.3, -0.25) is 9.89 Å². The Balaban J connectivity index is 0.00000312. The van der Waals surface area contributed by atoms with E-state index in [0.29, 0.717) is 6.04 Å². The number of hydrogen-bond donors (Lipinski definition) is 2. The van der Waals surface area contributed by atoms with Crippen LogP contribution in [0.5, 0.6) is 0 Å². The lowest BCUT2D eigenvalue weighted by Gasteiger charge is -2.34. The fourth-order valence-corrected chi connectivity index (χ4v) is 3.01. The van der Waals surface area contributed by atoms with Crippen molar-refractivity contribution in [2.75, 3.05) is 39.9 Å². The topological polar surface area (TPSA) is 48.9 Å². The Labute approximate surface area is 169 Å². The van der Waals surface area contributed by atoms with E-state index < -0.39 is 0 Å². The lowest BCUT2D eigenvalue weighted by atomic mass is 9.99. The van der Waals surface area contributed by atoms with Gasteiger partial charge in [-0.15, -0.1) is 24.0 Å². The van der Waals surface area contributed by atoms with E-state index in [1.807, 2.05) is 14.0 Å². The van der Waals surface area contributed by atoms with Crippen molar-refractivity contribution >= 4 is 29.9 Å². The standard InChI is InChI=1S/C19H32N4O.HI/c1-4-24-13-7-11-21-19(20-3)22-14-16(2)23-12-10-17-8-5-6-9-18(17)15-23;/h5-6,8-9,16H,4,7,10-15H2,1-3H3,(H2,20,21,22);1H. The number of hydrogen-bond acceptors (Lipinski definition) is 3. The van der Waals surface area contributed by atoms with E-state index >= 15 is 0 Å². The summed E-state index contributed by atoms with van der Waals surface area (Å²) >= 11 is 0. The molecule has 0 saturated heterocycles. The molecular weight excluding hydrogens is 427 g/mol. The number of nitrogens with one attached hydrogen (secondary N) is 2. The highest BCUT2D eigenvalue weighted by atomic mass is 127. The van der Waals surface area contributed by atoms with Crippen LogP contribution in [0.25, 0.3) is 0 Å². The molecule has 1 aromatic carbocycles. The molecule has 25 heavy (non-hydrogen) atoms. The predicted molar refractivity (Wildman–Crippen MR) is 116 cm³/mol. The van der Waals surface area contributed by atoms with Gasteiger partial charge >= 0.3 is 0 Å². The average Bonchev–Trinajstić information content (AvgIpc) is 2.63. The van der Waals surface area contributed by atoms with Gasteiger partial charge in [0, 0.05) is 52.5 Å². The summed E-state index contributed by atoms with van der Waals surface area (Å²) in [7, 11) is 1.82. The third-order valence-electron chi connectivity index (χ3n) is 4.53. The second-order valence-corrected chi connectivity index (χ2v) is 6.27. The summed E-state index contributed by atoms with van der Waals surface area (Å²) in [5.41, 5.74) is 2.97. The molecule has 1 aliphatic heterocycles. The second-order valence-electron chi connectivity index (χ2n) is 6.27. The molecule has 5 nitrogen and oxygen atoms in total. The van der Waals surface area contributed by atoms with E-state index in [4.69, 9.17) is 4.74 Å². The Hall–Kier alpha value is -0.860. The van der Waals surface area contributed by atoms with Crippen LogP contribution in [0.1, 0.15) is 31.4 Å². The Morgan fingerprint density at radius 3 is 2.76 bits per heavy atom. The maximum atomic E-state index is 5.35. The van der Waals surface area contributed by atoms with Crippen molar-refractivity contribution in [3.05, 3.63) is 35.4 Å². The van der Waals surface area contributed by atoms with Crippen LogP contribution in [0.3, 0.4) is 0 Å². The molecule has 6 heteroatoms. The van der Waals surface area contributed by atoms with E-state index in [0.717, 1.165) is 58.2 Å². The van der Waals surface area contributed by atoms with Gasteiger partial charge in [0.2, 0.25) is 0 Å². The van der Waals surface area contributed by atoms with Gasteiger partial charge in [0.15, 0.2) is 5.96 Å². The molecule has 0 fully saturated rings. The number of guanidine groups is 1. The summed E-state index contributed by atoms with van der Waals surface area (Å²) in [6, 6.07) is 9.25. The molecule has 1 unspecified atom stereocenters. The van der Waals surface area contributed by atoms with Crippen LogP contribution in [0.15, 0.2) is 29.3 Å². The molecule has 0 saturated carbocycles. The summed E-state index contributed by atoms with van der Waals surface area (Å²) in [6.45, 7) is 9.82. The van der Waals surface area contributed by atoms with Crippen LogP contribution in [-0.4, -0.2) is 56.8 Å². The van der Waals surface area contributed by atoms with Gasteiger partial charge < -0.3 is 15.4 Å². The summed E-state index contributed by atoms with van der Waals surface area (Å²) in [4.78, 5) is 6.83. The smallest absolute Gasteiger partial charge is 0.191 e. The average molecular weight is 460 g/mol. The van der Waals surface area contributed by atoms with Crippen molar-refractivity contribution in [3.63, 3.8) is 0 Å². The van der Waals surface area contributed by atoms with Gasteiger partial charge in [-0.05, 0) is 37.8 Å². The molecule has 1 heterocycles. The van der Waals surface area contributed by atoms with Gasteiger partial charge in [0.25, 0.3) is 0 Å². The first kappa shape index (κ1) is 22.2. The Morgan fingerprint density at radius 2 is 2.04 bits per heavy atom. The quantitative estimate of drug-likeness (QED) is 0.271. The third kappa shape index (κ3) is 7.50. The molecule has 2 rings (SSSR count). The Bertz CT molecular complexity index is 524. The van der Waals surface area contributed by atoms with E-state index in [1.54, 1.807) is 0 Å². The minimum Gasteiger partial charge on any atom is -0.382 e. The van der Waals surface area contributed by atoms with Crippen LogP contribution < -0.4 is 10.6 Å². The zero-order chi connectivity index (χ0) is 17.2. The number of ether oxygens (including phenoxy) is 1. The maximum Gasteiger partial charge on any atom is 0.191 e. The molecule has 0 aromatic heterocycles. The van der Waals surface area contributed by atoms with Gasteiger partial charge in [-0.25, -0.2) is 0 Å². The molecule has 0 amide bonds. The van der Waals surface area contributed by atoms with Gasteiger partial charge in [-0.1, -0.05) is 24.3 Å².